The maximum atomic E-state index is 12.2. The zero-order valence-corrected chi connectivity index (χ0v) is 14.5. The maximum absolute atomic E-state index is 12.2. The molecule has 0 unspecified atom stereocenters. The van der Waals surface area contributed by atoms with Crippen molar-refractivity contribution in [1.82, 2.24) is 10.2 Å². The van der Waals surface area contributed by atoms with Gasteiger partial charge in [-0.05, 0) is 37.3 Å². The molecule has 1 aromatic heterocycles. The Bertz CT molecular complexity index is 967. The van der Waals surface area contributed by atoms with Crippen molar-refractivity contribution in [3.05, 3.63) is 70.1 Å². The number of hydrogen-bond donors (Lipinski definition) is 0. The summed E-state index contributed by atoms with van der Waals surface area (Å²) in [4.78, 5) is 22.4. The molecule has 0 fully saturated rings. The van der Waals surface area contributed by atoms with E-state index in [1.807, 2.05) is 0 Å². The van der Waals surface area contributed by atoms with Crippen LogP contribution in [0, 0.1) is 10.1 Å². The Morgan fingerprint density at radius 2 is 1.93 bits per heavy atom. The topological polar surface area (TPSA) is 118 Å². The normalized spacial score (nSPS) is 11.6. The molecule has 1 heterocycles. The summed E-state index contributed by atoms with van der Waals surface area (Å²) in [5.74, 6) is 0.260. The Hall–Kier alpha value is -3.75. The van der Waals surface area contributed by atoms with Gasteiger partial charge in [-0.3, -0.25) is 10.1 Å². The summed E-state index contributed by atoms with van der Waals surface area (Å²) in [5.41, 5.74) is 0.807. The highest BCUT2D eigenvalue weighted by Gasteiger charge is 2.20. The molecule has 3 rings (SSSR count). The van der Waals surface area contributed by atoms with Crippen LogP contribution in [0.15, 0.2) is 52.9 Å². The number of nitrogens with zero attached hydrogens (tertiary/aromatic N) is 3. The number of aromatic nitrogens is 2. The molecule has 0 amide bonds. The Labute approximate surface area is 153 Å². The van der Waals surface area contributed by atoms with Crippen molar-refractivity contribution in [1.29, 1.82) is 0 Å². The maximum Gasteiger partial charge on any atom is 0.339 e. The van der Waals surface area contributed by atoms with E-state index in [-0.39, 0.29) is 17.5 Å². The van der Waals surface area contributed by atoms with Gasteiger partial charge in [0.2, 0.25) is 5.89 Å². The van der Waals surface area contributed by atoms with Crippen LogP contribution in [0.3, 0.4) is 0 Å². The van der Waals surface area contributed by atoms with E-state index in [0.717, 1.165) is 0 Å². The molecule has 0 aliphatic rings. The van der Waals surface area contributed by atoms with Crippen molar-refractivity contribution < 1.29 is 23.6 Å². The Morgan fingerprint density at radius 3 is 2.59 bits per heavy atom. The van der Waals surface area contributed by atoms with Gasteiger partial charge < -0.3 is 13.9 Å². The van der Waals surface area contributed by atoms with Crippen molar-refractivity contribution in [3.63, 3.8) is 0 Å². The van der Waals surface area contributed by atoms with Crippen LogP contribution in [0.5, 0.6) is 5.75 Å². The molecule has 0 radical (unpaired) electrons. The predicted molar refractivity (Wildman–Crippen MR) is 93.2 cm³/mol. The molecule has 0 aliphatic heterocycles. The van der Waals surface area contributed by atoms with E-state index in [1.165, 1.54) is 31.4 Å². The van der Waals surface area contributed by atoms with Gasteiger partial charge in [-0.2, -0.15) is 0 Å². The summed E-state index contributed by atoms with van der Waals surface area (Å²) in [6.07, 6.45) is -0.775. The minimum atomic E-state index is -0.775. The van der Waals surface area contributed by atoms with Crippen molar-refractivity contribution >= 4 is 11.7 Å². The molecule has 9 nitrogen and oxygen atoms in total. The molecule has 0 saturated carbocycles. The molecule has 0 N–H and O–H groups in total. The van der Waals surface area contributed by atoms with E-state index in [0.29, 0.717) is 16.9 Å². The molecule has 0 saturated heterocycles. The number of rotatable bonds is 6. The molecule has 9 heteroatoms. The first-order valence-electron chi connectivity index (χ1n) is 7.91. The van der Waals surface area contributed by atoms with Gasteiger partial charge in [0, 0.05) is 17.7 Å². The first-order chi connectivity index (χ1) is 13.0. The van der Waals surface area contributed by atoms with Crippen LogP contribution < -0.4 is 4.74 Å². The number of carbonyl (C=O) groups is 1. The fraction of sp³-hybridized carbons (Fsp3) is 0.167. The molecule has 0 bridgehead atoms. The van der Waals surface area contributed by atoms with Gasteiger partial charge in [0.1, 0.15) is 5.75 Å². The predicted octanol–water partition coefficient (Wildman–Crippen LogP) is 3.57. The average Bonchev–Trinajstić information content (AvgIpc) is 3.18. The smallest absolute Gasteiger partial charge is 0.339 e. The van der Waals surface area contributed by atoms with Crippen LogP contribution in [-0.2, 0) is 4.74 Å². The molecule has 27 heavy (non-hydrogen) atoms. The number of nitro groups is 1. The van der Waals surface area contributed by atoms with Gasteiger partial charge in [-0.15, -0.1) is 10.2 Å². The molecule has 0 spiro atoms. The van der Waals surface area contributed by atoms with E-state index in [9.17, 15) is 14.9 Å². The summed E-state index contributed by atoms with van der Waals surface area (Å²) in [6.45, 7) is 1.60. The van der Waals surface area contributed by atoms with Crippen LogP contribution in [-0.4, -0.2) is 28.2 Å². The highest BCUT2D eigenvalue weighted by Crippen LogP contribution is 2.25. The molecule has 0 aliphatic carbocycles. The van der Waals surface area contributed by atoms with Gasteiger partial charge in [0.05, 0.1) is 17.6 Å². The van der Waals surface area contributed by atoms with Gasteiger partial charge in [0.15, 0.2) is 6.10 Å². The summed E-state index contributed by atoms with van der Waals surface area (Å²) in [5, 5.41) is 18.5. The van der Waals surface area contributed by atoms with E-state index in [1.54, 1.807) is 31.2 Å². The van der Waals surface area contributed by atoms with Crippen LogP contribution in [0.2, 0.25) is 0 Å². The van der Waals surface area contributed by atoms with Crippen molar-refractivity contribution in [2.24, 2.45) is 0 Å². The van der Waals surface area contributed by atoms with Gasteiger partial charge in [-0.25, -0.2) is 4.79 Å². The molecule has 1 atom stereocenters. The number of methoxy groups -OCH3 is 1. The van der Waals surface area contributed by atoms with E-state index in [2.05, 4.69) is 10.2 Å². The number of ether oxygens (including phenoxy) is 2. The van der Waals surface area contributed by atoms with Crippen molar-refractivity contribution in [2.75, 3.05) is 7.11 Å². The Kier molecular flexibility index (Phi) is 5.11. The largest absolute Gasteiger partial charge is 0.497 e. The summed E-state index contributed by atoms with van der Waals surface area (Å²) < 4.78 is 15.9. The fourth-order valence-electron chi connectivity index (χ4n) is 2.27. The Balaban J connectivity index is 1.71. The molecular formula is C18H15N3O6. The highest BCUT2D eigenvalue weighted by molar-refractivity contribution is 5.90. The highest BCUT2D eigenvalue weighted by atomic mass is 16.6. The second-order valence-electron chi connectivity index (χ2n) is 5.53. The quantitative estimate of drug-likeness (QED) is 0.368. The Morgan fingerprint density at radius 1 is 1.19 bits per heavy atom. The molecular weight excluding hydrogens is 354 g/mol. The third kappa shape index (κ3) is 4.09. The van der Waals surface area contributed by atoms with Crippen molar-refractivity contribution in [2.45, 2.75) is 13.0 Å². The van der Waals surface area contributed by atoms with E-state index >= 15 is 0 Å². The second kappa shape index (κ2) is 7.65. The van der Waals surface area contributed by atoms with Gasteiger partial charge in [-0.1, -0.05) is 6.07 Å². The van der Waals surface area contributed by atoms with E-state index < -0.39 is 17.0 Å². The van der Waals surface area contributed by atoms with Crippen LogP contribution in [0.1, 0.15) is 29.3 Å². The number of carbonyl (C=O) groups excluding carboxylic acids is 1. The summed E-state index contributed by atoms with van der Waals surface area (Å²) in [7, 11) is 1.51. The summed E-state index contributed by atoms with van der Waals surface area (Å²) in [6, 6.07) is 12.2. The van der Waals surface area contributed by atoms with E-state index in [4.69, 9.17) is 13.9 Å². The monoisotopic (exact) mass is 369 g/mol. The zero-order chi connectivity index (χ0) is 19.4. The standard InChI is InChI=1S/C18H15N3O6/c1-11(26-18(22)13-4-3-5-15(10-13)25-2)16-19-20-17(27-16)12-6-8-14(9-7-12)21(23)24/h3-11H,1-2H3/t11-/m0/s1. The lowest BCUT2D eigenvalue weighted by atomic mass is 10.2. The SMILES string of the molecule is COc1cccc(C(=O)O[C@@H](C)c2nnc(-c3ccc([N+](=O)[O-])cc3)o2)c1. The van der Waals surface area contributed by atoms with Gasteiger partial charge in [0.25, 0.3) is 11.6 Å². The third-order valence-electron chi connectivity index (χ3n) is 3.70. The van der Waals surface area contributed by atoms with Crippen molar-refractivity contribution in [3.8, 4) is 17.2 Å². The minimum Gasteiger partial charge on any atom is -0.497 e. The lowest BCUT2D eigenvalue weighted by molar-refractivity contribution is -0.384. The first kappa shape index (κ1) is 18.1. The summed E-state index contributed by atoms with van der Waals surface area (Å²) >= 11 is 0. The number of non-ortho nitro benzene ring substituents is 1. The number of nitro benzene ring substituents is 1. The third-order valence-corrected chi connectivity index (χ3v) is 3.70. The minimum absolute atomic E-state index is 0.0425. The molecule has 138 valence electrons. The number of benzene rings is 2. The molecule has 3 aromatic rings. The average molecular weight is 369 g/mol. The second-order valence-corrected chi connectivity index (χ2v) is 5.53. The van der Waals surface area contributed by atoms with Crippen LogP contribution in [0.25, 0.3) is 11.5 Å². The van der Waals surface area contributed by atoms with Gasteiger partial charge >= 0.3 is 5.97 Å². The van der Waals surface area contributed by atoms with Crippen LogP contribution >= 0.6 is 0 Å². The first-order valence-corrected chi connectivity index (χ1v) is 7.91. The number of hydrogen-bond acceptors (Lipinski definition) is 8. The van der Waals surface area contributed by atoms with Crippen LogP contribution in [0.4, 0.5) is 5.69 Å². The molecule has 2 aromatic carbocycles. The lowest BCUT2D eigenvalue weighted by Gasteiger charge is -2.10. The fourth-order valence-corrected chi connectivity index (χ4v) is 2.27. The lowest BCUT2D eigenvalue weighted by Crippen LogP contribution is -2.09. The zero-order valence-electron chi connectivity index (χ0n) is 14.5. The number of esters is 1.